The normalized spacial score (nSPS) is 15.8. The van der Waals surface area contributed by atoms with Gasteiger partial charge in [-0.3, -0.25) is 4.21 Å². The van der Waals surface area contributed by atoms with Crippen molar-refractivity contribution in [1.29, 1.82) is 0 Å². The Morgan fingerprint density at radius 2 is 1.73 bits per heavy atom. The Morgan fingerprint density at radius 1 is 1.27 bits per heavy atom. The molecule has 0 aromatic heterocycles. The molecular weight excluding hydrogens is 176 g/mol. The van der Waals surface area contributed by atoms with Crippen LogP contribution in [0.15, 0.2) is 29.2 Å². The predicted octanol–water partition coefficient (Wildman–Crippen LogP) is 1.73. The molecule has 0 aliphatic carbocycles. The van der Waals surface area contributed by atoms with Crippen LogP contribution in [0.2, 0.25) is 0 Å². The molecule has 0 spiro atoms. The summed E-state index contributed by atoms with van der Waals surface area (Å²) >= 11 is 4.82. The summed E-state index contributed by atoms with van der Waals surface area (Å²) in [6, 6.07) is 7.49. The van der Waals surface area contributed by atoms with Crippen molar-refractivity contribution in [2.24, 2.45) is 0 Å². The molecule has 1 aromatic rings. The summed E-state index contributed by atoms with van der Waals surface area (Å²) in [4.78, 5) is 0.748. The first kappa shape index (κ1) is 8.68. The minimum absolute atomic E-state index is 0.748. The van der Waals surface area contributed by atoms with Crippen LogP contribution in [0, 0.1) is 6.92 Å². The van der Waals surface area contributed by atoms with Crippen molar-refractivity contribution in [2.75, 3.05) is 6.26 Å². The minimum atomic E-state index is -2.19. The summed E-state index contributed by atoms with van der Waals surface area (Å²) in [5.41, 5.74) is 1.16. The maximum absolute atomic E-state index is 11.3. The molecule has 0 saturated heterocycles. The summed E-state index contributed by atoms with van der Waals surface area (Å²) in [6.07, 6.45) is 1.58. The monoisotopic (exact) mass is 186 g/mol. The van der Waals surface area contributed by atoms with Crippen LogP contribution in [0.1, 0.15) is 5.56 Å². The smallest absolute Gasteiger partial charge is 0.0560 e. The highest BCUT2D eigenvalue weighted by atomic mass is 32.8. The topological polar surface area (TPSA) is 17.1 Å². The maximum atomic E-state index is 11.3. The summed E-state index contributed by atoms with van der Waals surface area (Å²) in [5, 5.41) is 0. The molecule has 1 aromatic carbocycles. The lowest BCUT2D eigenvalue weighted by molar-refractivity contribution is 0.685. The van der Waals surface area contributed by atoms with Crippen LogP contribution < -0.4 is 0 Å². The van der Waals surface area contributed by atoms with Gasteiger partial charge in [-0.05, 0) is 30.2 Å². The second-order valence-electron chi connectivity index (χ2n) is 2.59. The van der Waals surface area contributed by atoms with Crippen molar-refractivity contribution in [3.63, 3.8) is 0 Å². The van der Waals surface area contributed by atoms with Gasteiger partial charge in [0, 0.05) is 11.2 Å². The molecule has 0 N–H and O–H groups in total. The van der Waals surface area contributed by atoms with Gasteiger partial charge in [-0.25, -0.2) is 0 Å². The van der Waals surface area contributed by atoms with Gasteiger partial charge in [0.1, 0.15) is 0 Å². The SMILES string of the molecule is Cc1ccc(S(C)(=O)=S)cc1. The average Bonchev–Trinajstić information content (AvgIpc) is 1.86. The van der Waals surface area contributed by atoms with Gasteiger partial charge >= 0.3 is 0 Å². The van der Waals surface area contributed by atoms with E-state index in [1.165, 1.54) is 0 Å². The summed E-state index contributed by atoms with van der Waals surface area (Å²) in [5.74, 6) is 0. The van der Waals surface area contributed by atoms with Crippen molar-refractivity contribution in [1.82, 2.24) is 0 Å². The van der Waals surface area contributed by atoms with Crippen LogP contribution in [0.3, 0.4) is 0 Å². The van der Waals surface area contributed by atoms with Gasteiger partial charge < -0.3 is 0 Å². The molecule has 1 nitrogen and oxygen atoms in total. The van der Waals surface area contributed by atoms with E-state index in [1.54, 1.807) is 6.26 Å². The molecule has 0 aliphatic rings. The number of aryl methyl sites for hydroxylation is 1. The van der Waals surface area contributed by atoms with Crippen molar-refractivity contribution in [2.45, 2.75) is 11.8 Å². The molecule has 0 saturated carbocycles. The Bertz CT molecular complexity index is 335. The van der Waals surface area contributed by atoms with Crippen molar-refractivity contribution in [3.8, 4) is 0 Å². The Morgan fingerprint density at radius 3 is 2.09 bits per heavy atom. The maximum Gasteiger partial charge on any atom is 0.0560 e. The van der Waals surface area contributed by atoms with E-state index in [4.69, 9.17) is 11.2 Å². The zero-order valence-electron chi connectivity index (χ0n) is 6.53. The van der Waals surface area contributed by atoms with E-state index in [9.17, 15) is 4.21 Å². The third kappa shape index (κ3) is 2.27. The molecule has 60 valence electrons. The molecule has 1 unspecified atom stereocenters. The molecule has 1 rings (SSSR count). The van der Waals surface area contributed by atoms with Crippen LogP contribution >= 0.6 is 0 Å². The van der Waals surface area contributed by atoms with Crippen LogP contribution in [0.5, 0.6) is 0 Å². The molecule has 0 aliphatic heterocycles. The highest BCUT2D eigenvalue weighted by Gasteiger charge is 2.00. The van der Waals surface area contributed by atoms with Gasteiger partial charge in [-0.2, -0.15) is 0 Å². The van der Waals surface area contributed by atoms with Gasteiger partial charge in [0.15, 0.2) is 0 Å². The predicted molar refractivity (Wildman–Crippen MR) is 50.9 cm³/mol. The van der Waals surface area contributed by atoms with Gasteiger partial charge in [0.05, 0.1) is 8.49 Å². The standard InChI is InChI=1S/C8H10OS2/c1-7-3-5-8(6-4-7)11(2,9)10/h3-6H,1-2H3. The van der Waals surface area contributed by atoms with E-state index in [-0.39, 0.29) is 0 Å². The third-order valence-corrected chi connectivity index (χ3v) is 3.15. The van der Waals surface area contributed by atoms with Crippen LogP contribution in [-0.4, -0.2) is 10.5 Å². The van der Waals surface area contributed by atoms with Crippen LogP contribution in [0.25, 0.3) is 0 Å². The Labute approximate surface area is 72.1 Å². The second-order valence-corrected chi connectivity index (χ2v) is 6.51. The first-order valence-corrected chi connectivity index (χ1v) is 6.16. The van der Waals surface area contributed by atoms with Crippen molar-refractivity contribution in [3.05, 3.63) is 29.8 Å². The zero-order chi connectivity index (χ0) is 8.48. The summed E-state index contributed by atoms with van der Waals surface area (Å²) < 4.78 is 11.3. The first-order valence-electron chi connectivity index (χ1n) is 3.27. The summed E-state index contributed by atoms with van der Waals surface area (Å²) in [7, 11) is -2.19. The molecule has 1 atom stereocenters. The molecular formula is C8H10OS2. The molecule has 0 radical (unpaired) electrons. The van der Waals surface area contributed by atoms with Crippen LogP contribution in [-0.2, 0) is 19.7 Å². The van der Waals surface area contributed by atoms with E-state index in [0.29, 0.717) is 0 Å². The lowest BCUT2D eigenvalue weighted by Crippen LogP contribution is -1.93. The highest BCUT2D eigenvalue weighted by molar-refractivity contribution is 8.32. The Hall–Kier alpha value is -0.410. The largest absolute Gasteiger partial charge is 0.252 e. The zero-order valence-corrected chi connectivity index (χ0v) is 8.17. The molecule has 0 heterocycles. The van der Waals surface area contributed by atoms with Crippen molar-refractivity contribution < 1.29 is 4.21 Å². The van der Waals surface area contributed by atoms with Gasteiger partial charge in [-0.15, -0.1) is 0 Å². The number of hydrogen-bond acceptors (Lipinski definition) is 2. The first-order chi connectivity index (χ1) is 5.00. The highest BCUT2D eigenvalue weighted by Crippen LogP contribution is 2.09. The van der Waals surface area contributed by atoms with E-state index >= 15 is 0 Å². The summed E-state index contributed by atoms with van der Waals surface area (Å²) in [6.45, 7) is 1.99. The number of hydrogen-bond donors (Lipinski definition) is 0. The Balaban J connectivity index is 3.20. The quantitative estimate of drug-likeness (QED) is 0.664. The molecule has 0 amide bonds. The Kier molecular flexibility index (Phi) is 2.30. The van der Waals surface area contributed by atoms with Crippen LogP contribution in [0.4, 0.5) is 0 Å². The van der Waals surface area contributed by atoms with Gasteiger partial charge in [0.2, 0.25) is 0 Å². The second kappa shape index (κ2) is 2.91. The van der Waals surface area contributed by atoms with E-state index in [0.717, 1.165) is 10.5 Å². The fourth-order valence-corrected chi connectivity index (χ4v) is 1.75. The number of rotatable bonds is 1. The molecule has 0 fully saturated rings. The van der Waals surface area contributed by atoms with E-state index in [1.807, 2.05) is 31.2 Å². The lowest BCUT2D eigenvalue weighted by atomic mass is 10.2. The fourth-order valence-electron chi connectivity index (χ4n) is 0.785. The van der Waals surface area contributed by atoms with Gasteiger partial charge in [0.25, 0.3) is 0 Å². The molecule has 11 heavy (non-hydrogen) atoms. The number of benzene rings is 1. The average molecular weight is 186 g/mol. The minimum Gasteiger partial charge on any atom is -0.252 e. The van der Waals surface area contributed by atoms with E-state index < -0.39 is 8.49 Å². The molecule has 0 bridgehead atoms. The third-order valence-electron chi connectivity index (χ3n) is 1.45. The van der Waals surface area contributed by atoms with E-state index in [2.05, 4.69) is 0 Å². The van der Waals surface area contributed by atoms with Crippen molar-refractivity contribution >= 4 is 19.7 Å². The fraction of sp³-hybridized carbons (Fsp3) is 0.250. The van der Waals surface area contributed by atoms with Gasteiger partial charge in [-0.1, -0.05) is 17.7 Å². The lowest BCUT2D eigenvalue weighted by Gasteiger charge is -1.99. The molecule has 3 heteroatoms.